The largest absolute Gasteiger partial charge is 0.271 e. The Bertz CT molecular complexity index is 341. The van der Waals surface area contributed by atoms with Gasteiger partial charge in [0.1, 0.15) is 0 Å². The van der Waals surface area contributed by atoms with Crippen molar-refractivity contribution >= 4 is 15.9 Å². The van der Waals surface area contributed by atoms with E-state index in [4.69, 9.17) is 5.84 Å². The highest BCUT2D eigenvalue weighted by Crippen LogP contribution is 2.24. The van der Waals surface area contributed by atoms with Crippen molar-refractivity contribution in [2.75, 3.05) is 0 Å². The number of hydrogen-bond donors (Lipinski definition) is 2. The van der Waals surface area contributed by atoms with Gasteiger partial charge in [-0.25, -0.2) is 0 Å². The molecule has 17 heavy (non-hydrogen) atoms. The van der Waals surface area contributed by atoms with E-state index in [-0.39, 0.29) is 6.04 Å². The number of rotatable bonds is 8. The van der Waals surface area contributed by atoms with E-state index in [2.05, 4.69) is 32.9 Å². The van der Waals surface area contributed by atoms with E-state index in [0.29, 0.717) is 0 Å². The monoisotopic (exact) mass is 297 g/mol. The quantitative estimate of drug-likeness (QED) is 0.334. The van der Waals surface area contributed by atoms with Crippen LogP contribution >= 0.6 is 15.9 Å². The molecule has 0 spiro atoms. The van der Waals surface area contributed by atoms with Crippen LogP contribution in [0.4, 0.5) is 0 Å². The normalized spacial score (nSPS) is 12.4. The molecule has 4 heteroatoms. The number of halogens is 1. The first-order chi connectivity index (χ1) is 8.29. The number of hydrazine groups is 1. The van der Waals surface area contributed by atoms with Gasteiger partial charge in [-0.2, -0.15) is 0 Å². The Kier molecular flexibility index (Phi) is 7.08. The van der Waals surface area contributed by atoms with Gasteiger partial charge in [0.05, 0.1) is 11.7 Å². The van der Waals surface area contributed by atoms with Crippen LogP contribution in [0.15, 0.2) is 35.5 Å². The maximum absolute atomic E-state index is 5.59. The second-order valence-corrected chi connectivity index (χ2v) is 4.87. The molecule has 0 bridgehead atoms. The summed E-state index contributed by atoms with van der Waals surface area (Å²) in [5.74, 6) is 5.59. The Balaban J connectivity index is 2.43. The molecule has 1 aromatic heterocycles. The summed E-state index contributed by atoms with van der Waals surface area (Å²) in [7, 11) is 0. The zero-order valence-corrected chi connectivity index (χ0v) is 11.6. The van der Waals surface area contributed by atoms with E-state index in [1.165, 1.54) is 12.8 Å². The number of hydrogen-bond acceptors (Lipinski definition) is 3. The van der Waals surface area contributed by atoms with Gasteiger partial charge in [-0.1, -0.05) is 18.9 Å². The predicted molar refractivity (Wildman–Crippen MR) is 75.3 cm³/mol. The van der Waals surface area contributed by atoms with Gasteiger partial charge in [0.2, 0.25) is 0 Å². The summed E-state index contributed by atoms with van der Waals surface area (Å²) in [5.41, 5.74) is 3.82. The van der Waals surface area contributed by atoms with Crippen molar-refractivity contribution in [2.45, 2.75) is 38.1 Å². The standard InChI is InChI=1S/C13H20BrN3/c1-2-3-4-5-6-9-12(17-15)13-11(14)8-7-10-16-13/h2,7-8,10,12,17H,1,3-6,9,15H2. The van der Waals surface area contributed by atoms with Crippen molar-refractivity contribution in [3.05, 3.63) is 41.2 Å². The third-order valence-electron chi connectivity index (χ3n) is 2.72. The molecule has 1 aromatic rings. The number of nitrogens with one attached hydrogen (secondary N) is 1. The number of allylic oxidation sites excluding steroid dienone is 1. The molecular formula is C13H20BrN3. The van der Waals surface area contributed by atoms with Gasteiger partial charge in [0, 0.05) is 10.7 Å². The molecular weight excluding hydrogens is 278 g/mol. The van der Waals surface area contributed by atoms with Gasteiger partial charge in [-0.05, 0) is 47.3 Å². The number of pyridine rings is 1. The fraction of sp³-hybridized carbons (Fsp3) is 0.462. The molecule has 0 aliphatic carbocycles. The van der Waals surface area contributed by atoms with Crippen LogP contribution in [0.25, 0.3) is 0 Å². The molecule has 3 N–H and O–H groups in total. The van der Waals surface area contributed by atoms with Crippen LogP contribution < -0.4 is 11.3 Å². The molecule has 0 saturated heterocycles. The third kappa shape index (κ3) is 4.98. The summed E-state index contributed by atoms with van der Waals surface area (Å²) in [6.07, 6.45) is 9.40. The lowest BCUT2D eigenvalue weighted by Crippen LogP contribution is -2.28. The van der Waals surface area contributed by atoms with E-state index in [9.17, 15) is 0 Å². The molecule has 0 aromatic carbocycles. The number of nitrogens with two attached hydrogens (primary N) is 1. The maximum atomic E-state index is 5.59. The molecule has 0 radical (unpaired) electrons. The van der Waals surface area contributed by atoms with Crippen LogP contribution in [0, 0.1) is 0 Å². The molecule has 0 amide bonds. The van der Waals surface area contributed by atoms with Crippen LogP contribution in [0.3, 0.4) is 0 Å². The summed E-state index contributed by atoms with van der Waals surface area (Å²) >= 11 is 3.50. The Labute approximate surface area is 112 Å². The molecule has 1 atom stereocenters. The Morgan fingerprint density at radius 1 is 1.47 bits per heavy atom. The lowest BCUT2D eigenvalue weighted by Gasteiger charge is -2.16. The van der Waals surface area contributed by atoms with Gasteiger partial charge >= 0.3 is 0 Å². The van der Waals surface area contributed by atoms with Gasteiger partial charge in [0.15, 0.2) is 0 Å². The molecule has 0 aliphatic rings. The first-order valence-corrected chi connectivity index (χ1v) is 6.76. The van der Waals surface area contributed by atoms with Gasteiger partial charge in [0.25, 0.3) is 0 Å². The van der Waals surface area contributed by atoms with Crippen molar-refractivity contribution < 1.29 is 0 Å². The molecule has 0 fully saturated rings. The van der Waals surface area contributed by atoms with Crippen molar-refractivity contribution in [1.82, 2.24) is 10.4 Å². The lowest BCUT2D eigenvalue weighted by molar-refractivity contribution is 0.473. The van der Waals surface area contributed by atoms with Crippen molar-refractivity contribution in [1.29, 1.82) is 0 Å². The molecule has 0 saturated carbocycles. The minimum Gasteiger partial charge on any atom is -0.271 e. The number of nitrogens with zero attached hydrogens (tertiary/aromatic N) is 1. The second kappa shape index (κ2) is 8.39. The van der Waals surface area contributed by atoms with Crippen molar-refractivity contribution in [2.24, 2.45) is 5.84 Å². The first-order valence-electron chi connectivity index (χ1n) is 5.97. The minimum absolute atomic E-state index is 0.120. The van der Waals surface area contributed by atoms with Crippen LogP contribution in [-0.4, -0.2) is 4.98 Å². The Hall–Kier alpha value is -0.710. The topological polar surface area (TPSA) is 50.9 Å². The molecule has 1 unspecified atom stereocenters. The molecule has 1 heterocycles. The SMILES string of the molecule is C=CCCCCCC(NN)c1ncccc1Br. The zero-order valence-electron chi connectivity index (χ0n) is 10.0. The predicted octanol–water partition coefficient (Wildman–Crippen LogP) is 3.49. The summed E-state index contributed by atoms with van der Waals surface area (Å²) in [6, 6.07) is 4.02. The van der Waals surface area contributed by atoms with Crippen LogP contribution in [-0.2, 0) is 0 Å². The van der Waals surface area contributed by atoms with Crippen LogP contribution in [0.2, 0.25) is 0 Å². The van der Waals surface area contributed by atoms with E-state index in [1.54, 1.807) is 6.20 Å². The number of unbranched alkanes of at least 4 members (excludes halogenated alkanes) is 3. The highest BCUT2D eigenvalue weighted by atomic mass is 79.9. The summed E-state index contributed by atoms with van der Waals surface area (Å²) < 4.78 is 1.01. The van der Waals surface area contributed by atoms with Crippen molar-refractivity contribution in [3.63, 3.8) is 0 Å². The number of aromatic nitrogens is 1. The fourth-order valence-electron chi connectivity index (χ4n) is 1.77. The fourth-order valence-corrected chi connectivity index (χ4v) is 2.30. The Morgan fingerprint density at radius 2 is 2.29 bits per heavy atom. The van der Waals surface area contributed by atoms with E-state index in [0.717, 1.165) is 29.4 Å². The second-order valence-electron chi connectivity index (χ2n) is 4.02. The highest BCUT2D eigenvalue weighted by Gasteiger charge is 2.13. The van der Waals surface area contributed by atoms with E-state index >= 15 is 0 Å². The molecule has 94 valence electrons. The van der Waals surface area contributed by atoms with Crippen LogP contribution in [0.1, 0.15) is 43.8 Å². The summed E-state index contributed by atoms with van der Waals surface area (Å²) in [4.78, 5) is 4.36. The molecule has 3 nitrogen and oxygen atoms in total. The van der Waals surface area contributed by atoms with Gasteiger partial charge < -0.3 is 0 Å². The van der Waals surface area contributed by atoms with E-state index in [1.807, 2.05) is 18.2 Å². The van der Waals surface area contributed by atoms with Crippen molar-refractivity contribution in [3.8, 4) is 0 Å². The third-order valence-corrected chi connectivity index (χ3v) is 3.39. The first kappa shape index (κ1) is 14.4. The van der Waals surface area contributed by atoms with Gasteiger partial charge in [-0.3, -0.25) is 16.3 Å². The molecule has 0 aliphatic heterocycles. The smallest absolute Gasteiger partial charge is 0.0728 e. The van der Waals surface area contributed by atoms with Gasteiger partial charge in [-0.15, -0.1) is 6.58 Å². The Morgan fingerprint density at radius 3 is 2.94 bits per heavy atom. The maximum Gasteiger partial charge on any atom is 0.0728 e. The average Bonchev–Trinajstić information content (AvgIpc) is 2.35. The minimum atomic E-state index is 0.120. The lowest BCUT2D eigenvalue weighted by atomic mass is 10.0. The van der Waals surface area contributed by atoms with Crippen LogP contribution in [0.5, 0.6) is 0 Å². The highest BCUT2D eigenvalue weighted by molar-refractivity contribution is 9.10. The average molecular weight is 298 g/mol. The summed E-state index contributed by atoms with van der Waals surface area (Å²) in [5, 5.41) is 0. The molecule has 1 rings (SSSR count). The zero-order chi connectivity index (χ0) is 12.5. The van der Waals surface area contributed by atoms with E-state index < -0.39 is 0 Å². The summed E-state index contributed by atoms with van der Waals surface area (Å²) in [6.45, 7) is 3.72.